The van der Waals surface area contributed by atoms with Crippen LogP contribution in [-0.4, -0.2) is 29.5 Å². The quantitative estimate of drug-likeness (QED) is 0.485. The Bertz CT molecular complexity index is 885. The molecule has 138 valence electrons. The van der Waals surface area contributed by atoms with Gasteiger partial charge in [-0.3, -0.25) is 4.99 Å². The summed E-state index contributed by atoms with van der Waals surface area (Å²) in [4.78, 5) is 11.9. The van der Waals surface area contributed by atoms with Gasteiger partial charge in [-0.2, -0.15) is 0 Å². The highest BCUT2D eigenvalue weighted by molar-refractivity contribution is 5.83. The summed E-state index contributed by atoms with van der Waals surface area (Å²) < 4.78 is 5.79. The highest BCUT2D eigenvalue weighted by Crippen LogP contribution is 2.22. The number of fused-ring (bicyclic) bond motifs is 1. The molecule has 0 atom stereocenters. The molecule has 26 heavy (non-hydrogen) atoms. The maximum atomic E-state index is 5.79. The van der Waals surface area contributed by atoms with Crippen molar-refractivity contribution in [1.82, 2.24) is 20.6 Å². The lowest BCUT2D eigenvalue weighted by Gasteiger charge is -2.13. The minimum absolute atomic E-state index is 0.0372. The summed E-state index contributed by atoms with van der Waals surface area (Å²) in [5.74, 6) is 2.28. The van der Waals surface area contributed by atoms with E-state index in [1.807, 2.05) is 6.07 Å². The number of aromatic amines is 1. The molecule has 0 aliphatic rings. The molecule has 0 amide bonds. The van der Waals surface area contributed by atoms with E-state index in [1.54, 1.807) is 13.2 Å². The highest BCUT2D eigenvalue weighted by Gasteiger charge is 2.19. The summed E-state index contributed by atoms with van der Waals surface area (Å²) >= 11 is 0. The van der Waals surface area contributed by atoms with Crippen molar-refractivity contribution in [3.63, 3.8) is 0 Å². The lowest BCUT2D eigenvalue weighted by atomic mass is 9.94. The molecule has 3 rings (SSSR count). The van der Waals surface area contributed by atoms with Crippen LogP contribution < -0.4 is 10.6 Å². The number of oxazole rings is 1. The third kappa shape index (κ3) is 4.25. The molecule has 0 aliphatic carbocycles. The first-order valence-electron chi connectivity index (χ1n) is 8.92. The number of benzene rings is 1. The van der Waals surface area contributed by atoms with E-state index in [1.165, 1.54) is 16.5 Å². The molecule has 2 heterocycles. The number of nitrogens with one attached hydrogen (secondary N) is 3. The van der Waals surface area contributed by atoms with Crippen LogP contribution >= 0.6 is 0 Å². The minimum Gasteiger partial charge on any atom is -0.443 e. The van der Waals surface area contributed by atoms with Crippen molar-refractivity contribution < 1.29 is 4.42 Å². The Morgan fingerprint density at radius 3 is 2.77 bits per heavy atom. The molecule has 6 nitrogen and oxygen atoms in total. The van der Waals surface area contributed by atoms with Crippen LogP contribution in [0.5, 0.6) is 0 Å². The lowest BCUT2D eigenvalue weighted by molar-refractivity contribution is 0.379. The molecule has 0 aliphatic heterocycles. The van der Waals surface area contributed by atoms with Gasteiger partial charge in [0.05, 0.1) is 12.7 Å². The van der Waals surface area contributed by atoms with Gasteiger partial charge in [0.25, 0.3) is 0 Å². The standard InChI is InChI=1S/C20H27N5O/c1-20(2,3)17-12-24-18(26-17)13-25-19(21-4)22-10-9-14-11-23-16-8-6-5-7-15(14)16/h5-8,11-12,23H,9-10,13H2,1-4H3,(H2,21,22,25). The van der Waals surface area contributed by atoms with Gasteiger partial charge in [0, 0.05) is 36.1 Å². The van der Waals surface area contributed by atoms with Crippen molar-refractivity contribution in [3.05, 3.63) is 53.9 Å². The third-order valence-electron chi connectivity index (χ3n) is 4.29. The van der Waals surface area contributed by atoms with Crippen molar-refractivity contribution in [2.45, 2.75) is 39.2 Å². The van der Waals surface area contributed by atoms with E-state index in [-0.39, 0.29) is 5.41 Å². The molecule has 0 saturated heterocycles. The maximum Gasteiger partial charge on any atom is 0.213 e. The molecule has 0 fully saturated rings. The van der Waals surface area contributed by atoms with Gasteiger partial charge in [-0.25, -0.2) is 4.98 Å². The molecule has 6 heteroatoms. The van der Waals surface area contributed by atoms with E-state index in [9.17, 15) is 0 Å². The SMILES string of the molecule is CN=C(NCCc1c[nH]c2ccccc12)NCc1ncc(C(C)(C)C)o1. The number of aromatic nitrogens is 2. The summed E-state index contributed by atoms with van der Waals surface area (Å²) in [6, 6.07) is 8.34. The van der Waals surface area contributed by atoms with E-state index in [4.69, 9.17) is 4.42 Å². The van der Waals surface area contributed by atoms with Gasteiger partial charge in [0.1, 0.15) is 5.76 Å². The summed E-state index contributed by atoms with van der Waals surface area (Å²) in [7, 11) is 1.76. The number of nitrogens with zero attached hydrogens (tertiary/aromatic N) is 2. The number of hydrogen-bond donors (Lipinski definition) is 3. The molecule has 1 aromatic carbocycles. The maximum absolute atomic E-state index is 5.79. The van der Waals surface area contributed by atoms with Gasteiger partial charge in [-0.15, -0.1) is 0 Å². The van der Waals surface area contributed by atoms with E-state index in [0.29, 0.717) is 12.4 Å². The predicted molar refractivity (Wildman–Crippen MR) is 105 cm³/mol. The van der Waals surface area contributed by atoms with E-state index in [0.717, 1.165) is 24.7 Å². The van der Waals surface area contributed by atoms with Crippen molar-refractivity contribution in [2.24, 2.45) is 4.99 Å². The Morgan fingerprint density at radius 2 is 2.04 bits per heavy atom. The molecular formula is C20H27N5O. The second-order valence-corrected chi connectivity index (χ2v) is 7.33. The molecule has 0 bridgehead atoms. The van der Waals surface area contributed by atoms with E-state index >= 15 is 0 Å². The number of hydrogen-bond acceptors (Lipinski definition) is 3. The van der Waals surface area contributed by atoms with Crippen molar-refractivity contribution in [2.75, 3.05) is 13.6 Å². The Morgan fingerprint density at radius 1 is 1.23 bits per heavy atom. The van der Waals surface area contributed by atoms with Crippen LogP contribution in [0, 0.1) is 0 Å². The predicted octanol–water partition coefficient (Wildman–Crippen LogP) is 3.36. The molecule has 3 N–H and O–H groups in total. The van der Waals surface area contributed by atoms with Crippen molar-refractivity contribution >= 4 is 16.9 Å². The third-order valence-corrected chi connectivity index (χ3v) is 4.29. The Balaban J connectivity index is 1.50. The van der Waals surface area contributed by atoms with Crippen molar-refractivity contribution in [3.8, 4) is 0 Å². The first-order chi connectivity index (χ1) is 12.5. The molecule has 2 aromatic heterocycles. The van der Waals surface area contributed by atoms with Crippen LogP contribution in [0.4, 0.5) is 0 Å². The largest absolute Gasteiger partial charge is 0.443 e. The van der Waals surface area contributed by atoms with Crippen LogP contribution in [0.1, 0.15) is 38.0 Å². The van der Waals surface area contributed by atoms with E-state index in [2.05, 4.69) is 70.8 Å². The molecule has 0 radical (unpaired) electrons. The van der Waals surface area contributed by atoms with E-state index < -0.39 is 0 Å². The smallest absolute Gasteiger partial charge is 0.213 e. The number of para-hydroxylation sites is 1. The van der Waals surface area contributed by atoms with Crippen LogP contribution in [0.2, 0.25) is 0 Å². The fourth-order valence-corrected chi connectivity index (χ4v) is 2.77. The molecule has 0 saturated carbocycles. The number of aliphatic imine (C=N–C) groups is 1. The normalized spacial score (nSPS) is 12.5. The fraction of sp³-hybridized carbons (Fsp3) is 0.400. The van der Waals surface area contributed by atoms with Gasteiger partial charge in [-0.1, -0.05) is 39.0 Å². The fourth-order valence-electron chi connectivity index (χ4n) is 2.77. The van der Waals surface area contributed by atoms with Gasteiger partial charge in [0.2, 0.25) is 5.89 Å². The molecule has 3 aromatic rings. The van der Waals surface area contributed by atoms with Crippen LogP contribution in [0.15, 0.2) is 46.1 Å². The first-order valence-corrected chi connectivity index (χ1v) is 8.92. The van der Waals surface area contributed by atoms with Crippen LogP contribution in [-0.2, 0) is 18.4 Å². The number of H-pyrrole nitrogens is 1. The van der Waals surface area contributed by atoms with Crippen LogP contribution in [0.25, 0.3) is 10.9 Å². The molecular weight excluding hydrogens is 326 g/mol. The van der Waals surface area contributed by atoms with Gasteiger partial charge in [-0.05, 0) is 18.1 Å². The first kappa shape index (κ1) is 18.0. The second-order valence-electron chi connectivity index (χ2n) is 7.33. The summed E-state index contributed by atoms with van der Waals surface area (Å²) in [6.07, 6.45) is 4.78. The second kappa shape index (κ2) is 7.64. The Kier molecular flexibility index (Phi) is 5.30. The van der Waals surface area contributed by atoms with Crippen LogP contribution in [0.3, 0.4) is 0 Å². The van der Waals surface area contributed by atoms with Crippen molar-refractivity contribution in [1.29, 1.82) is 0 Å². The summed E-state index contributed by atoms with van der Waals surface area (Å²) in [5, 5.41) is 7.85. The Hall–Kier alpha value is -2.76. The van der Waals surface area contributed by atoms with Gasteiger partial charge >= 0.3 is 0 Å². The average molecular weight is 353 g/mol. The number of guanidine groups is 1. The summed E-state index contributed by atoms with van der Waals surface area (Å²) in [6.45, 7) is 7.62. The van der Waals surface area contributed by atoms with Gasteiger partial charge in [0.15, 0.2) is 5.96 Å². The zero-order chi connectivity index (χ0) is 18.6. The zero-order valence-corrected chi connectivity index (χ0v) is 15.9. The molecule has 0 unspecified atom stereocenters. The summed E-state index contributed by atoms with van der Waals surface area (Å²) in [5.41, 5.74) is 2.43. The zero-order valence-electron chi connectivity index (χ0n) is 15.9. The molecule has 0 spiro atoms. The lowest BCUT2D eigenvalue weighted by Crippen LogP contribution is -2.37. The highest BCUT2D eigenvalue weighted by atomic mass is 16.4. The van der Waals surface area contributed by atoms with Gasteiger partial charge < -0.3 is 20.0 Å². The topological polar surface area (TPSA) is 78.2 Å². The number of rotatable bonds is 5. The average Bonchev–Trinajstić information content (AvgIpc) is 3.25. The monoisotopic (exact) mass is 353 g/mol. The minimum atomic E-state index is -0.0372. The Labute approximate surface area is 154 Å².